The molecule has 2 nitrogen and oxygen atoms in total. The third-order valence-electron chi connectivity index (χ3n) is 4.11. The van der Waals surface area contributed by atoms with Gasteiger partial charge in [-0.05, 0) is 13.0 Å². The van der Waals surface area contributed by atoms with Crippen molar-refractivity contribution >= 4 is 11.3 Å². The summed E-state index contributed by atoms with van der Waals surface area (Å²) in [6.45, 7) is 5.49. The van der Waals surface area contributed by atoms with Crippen LogP contribution in [0, 0.1) is 0 Å². The fraction of sp³-hybridized carbons (Fsp3) is 0.833. The smallest absolute Gasteiger partial charge is 0.0795 e. The lowest BCUT2D eigenvalue weighted by Crippen LogP contribution is -2.21. The second-order valence-electron chi connectivity index (χ2n) is 5.99. The van der Waals surface area contributed by atoms with Crippen LogP contribution in [0.3, 0.4) is 0 Å². The summed E-state index contributed by atoms with van der Waals surface area (Å²) in [5.41, 5.74) is 3.18. The van der Waals surface area contributed by atoms with E-state index < -0.39 is 0 Å². The first-order valence-electron chi connectivity index (χ1n) is 9.00. The molecule has 0 aromatic carbocycles. The van der Waals surface area contributed by atoms with Gasteiger partial charge in [0.1, 0.15) is 0 Å². The number of thiazole rings is 1. The minimum atomic E-state index is 0.468. The Morgan fingerprint density at radius 2 is 1.57 bits per heavy atom. The lowest BCUT2D eigenvalue weighted by molar-refractivity contribution is 0.467. The molecule has 0 spiro atoms. The van der Waals surface area contributed by atoms with Gasteiger partial charge in [-0.25, -0.2) is 4.98 Å². The number of nitrogens with one attached hydrogen (secondary N) is 1. The van der Waals surface area contributed by atoms with Gasteiger partial charge in [-0.1, -0.05) is 78.1 Å². The molecule has 0 fully saturated rings. The molecule has 1 unspecified atom stereocenters. The number of hydrogen-bond donors (Lipinski definition) is 1. The third kappa shape index (κ3) is 9.26. The number of rotatable bonds is 14. The number of nitrogens with zero attached hydrogens (tertiary/aromatic N) is 1. The second kappa shape index (κ2) is 13.3. The van der Waals surface area contributed by atoms with E-state index in [1.54, 1.807) is 11.3 Å². The molecule has 0 saturated heterocycles. The summed E-state index contributed by atoms with van der Waals surface area (Å²) in [5.74, 6) is 0. The molecule has 3 heteroatoms. The molecular weight excluding hydrogens is 276 g/mol. The van der Waals surface area contributed by atoms with E-state index in [1.807, 2.05) is 5.51 Å². The molecule has 122 valence electrons. The first kappa shape index (κ1) is 18.6. The molecule has 1 aromatic heterocycles. The van der Waals surface area contributed by atoms with E-state index in [1.165, 1.54) is 76.3 Å². The molecule has 0 radical (unpaired) electrons. The zero-order chi connectivity index (χ0) is 15.2. The van der Waals surface area contributed by atoms with Crippen molar-refractivity contribution in [1.82, 2.24) is 10.3 Å². The number of hydrogen-bond acceptors (Lipinski definition) is 3. The first-order valence-corrected chi connectivity index (χ1v) is 9.94. The lowest BCUT2D eigenvalue weighted by atomic mass is 10.0. The van der Waals surface area contributed by atoms with Crippen molar-refractivity contribution < 1.29 is 0 Å². The molecule has 1 heterocycles. The van der Waals surface area contributed by atoms with Crippen molar-refractivity contribution in [2.24, 2.45) is 0 Å². The second-order valence-corrected chi connectivity index (χ2v) is 6.71. The Kier molecular flexibility index (Phi) is 11.8. The molecule has 0 aliphatic carbocycles. The van der Waals surface area contributed by atoms with E-state index in [4.69, 9.17) is 0 Å². The summed E-state index contributed by atoms with van der Waals surface area (Å²) in [6.07, 6.45) is 15.3. The van der Waals surface area contributed by atoms with Crippen molar-refractivity contribution in [1.29, 1.82) is 0 Å². The Morgan fingerprint density at radius 1 is 0.952 bits per heavy atom. The van der Waals surface area contributed by atoms with Crippen molar-refractivity contribution in [3.8, 4) is 0 Å². The molecule has 0 saturated carbocycles. The molecular formula is C18H34N2S. The van der Waals surface area contributed by atoms with E-state index in [9.17, 15) is 0 Å². The van der Waals surface area contributed by atoms with Gasteiger partial charge in [0.15, 0.2) is 0 Å². The third-order valence-corrected chi connectivity index (χ3v) is 4.71. The predicted octanol–water partition coefficient (Wildman–Crippen LogP) is 6.10. The predicted molar refractivity (Wildman–Crippen MR) is 95.0 cm³/mol. The zero-order valence-electron chi connectivity index (χ0n) is 14.1. The first-order chi connectivity index (χ1) is 10.4. The van der Waals surface area contributed by atoms with E-state index >= 15 is 0 Å². The molecule has 21 heavy (non-hydrogen) atoms. The van der Waals surface area contributed by atoms with Crippen LogP contribution in [0.4, 0.5) is 0 Å². The highest BCUT2D eigenvalue weighted by atomic mass is 32.1. The van der Waals surface area contributed by atoms with Gasteiger partial charge in [-0.3, -0.25) is 0 Å². The van der Waals surface area contributed by atoms with Crippen LogP contribution >= 0.6 is 11.3 Å². The number of unbranched alkanes of at least 4 members (excludes halogenated alkanes) is 9. The quantitative estimate of drug-likeness (QED) is 0.420. The van der Waals surface area contributed by atoms with Crippen molar-refractivity contribution in [3.63, 3.8) is 0 Å². The molecule has 1 N–H and O–H groups in total. The maximum atomic E-state index is 4.46. The summed E-state index contributed by atoms with van der Waals surface area (Å²) in [4.78, 5) is 4.46. The van der Waals surface area contributed by atoms with Crippen LogP contribution in [0.5, 0.6) is 0 Å². The van der Waals surface area contributed by atoms with Crippen LogP contribution in [-0.2, 0) is 0 Å². The molecule has 1 aromatic rings. The molecule has 0 amide bonds. The Labute approximate surface area is 135 Å². The van der Waals surface area contributed by atoms with Gasteiger partial charge >= 0.3 is 0 Å². The normalized spacial score (nSPS) is 12.7. The molecule has 1 atom stereocenters. The summed E-state index contributed by atoms with van der Waals surface area (Å²) < 4.78 is 0. The fourth-order valence-electron chi connectivity index (χ4n) is 2.83. The van der Waals surface area contributed by atoms with Gasteiger partial charge in [0.05, 0.1) is 17.2 Å². The zero-order valence-corrected chi connectivity index (χ0v) is 14.9. The Balaban J connectivity index is 1.97. The van der Waals surface area contributed by atoms with Crippen molar-refractivity contribution in [3.05, 3.63) is 16.6 Å². The van der Waals surface area contributed by atoms with Crippen LogP contribution in [0.25, 0.3) is 0 Å². The molecule has 0 aliphatic heterocycles. The summed E-state index contributed by atoms with van der Waals surface area (Å²) in [6, 6.07) is 0.468. The monoisotopic (exact) mass is 310 g/mol. The maximum absolute atomic E-state index is 4.46. The summed E-state index contributed by atoms with van der Waals surface area (Å²) in [5, 5.41) is 5.74. The number of aromatic nitrogens is 1. The fourth-order valence-corrected chi connectivity index (χ4v) is 3.44. The Bertz CT molecular complexity index is 311. The highest BCUT2D eigenvalue weighted by molar-refractivity contribution is 7.07. The lowest BCUT2D eigenvalue weighted by Gasteiger charge is -2.15. The average molecular weight is 311 g/mol. The van der Waals surface area contributed by atoms with Crippen molar-refractivity contribution in [2.45, 2.75) is 90.5 Å². The van der Waals surface area contributed by atoms with Gasteiger partial charge in [-0.15, -0.1) is 11.3 Å². The van der Waals surface area contributed by atoms with Crippen LogP contribution in [0.15, 0.2) is 10.9 Å². The topological polar surface area (TPSA) is 24.9 Å². The van der Waals surface area contributed by atoms with Crippen molar-refractivity contribution in [2.75, 3.05) is 6.54 Å². The van der Waals surface area contributed by atoms with Crippen LogP contribution in [0.2, 0.25) is 0 Å². The van der Waals surface area contributed by atoms with E-state index in [2.05, 4.69) is 29.5 Å². The van der Waals surface area contributed by atoms with Gasteiger partial charge in [-0.2, -0.15) is 0 Å². The summed E-state index contributed by atoms with van der Waals surface area (Å²) >= 11 is 1.70. The van der Waals surface area contributed by atoms with E-state index in [0.29, 0.717) is 6.04 Å². The maximum Gasteiger partial charge on any atom is 0.0795 e. The largest absolute Gasteiger partial charge is 0.309 e. The Hall–Kier alpha value is -0.410. The van der Waals surface area contributed by atoms with Gasteiger partial charge in [0.25, 0.3) is 0 Å². The van der Waals surface area contributed by atoms with Crippen LogP contribution in [0.1, 0.15) is 96.2 Å². The minimum Gasteiger partial charge on any atom is -0.309 e. The average Bonchev–Trinajstić information content (AvgIpc) is 3.02. The van der Waals surface area contributed by atoms with Crippen LogP contribution < -0.4 is 5.32 Å². The molecule has 1 rings (SSSR count). The van der Waals surface area contributed by atoms with E-state index in [-0.39, 0.29) is 0 Å². The van der Waals surface area contributed by atoms with E-state index in [0.717, 1.165) is 6.54 Å². The van der Waals surface area contributed by atoms with Gasteiger partial charge in [0, 0.05) is 5.38 Å². The van der Waals surface area contributed by atoms with Crippen LogP contribution in [-0.4, -0.2) is 11.5 Å². The standard InChI is InChI=1S/C18H34N2S/c1-3-5-6-7-8-9-10-11-12-13-14-17(19-4-2)18-15-21-16-20-18/h15-17,19H,3-14H2,1-2H3. The Morgan fingerprint density at radius 3 is 2.10 bits per heavy atom. The molecule has 0 aliphatic rings. The SMILES string of the molecule is CCCCCCCCCCCCC(NCC)c1cscn1. The highest BCUT2D eigenvalue weighted by Crippen LogP contribution is 2.20. The highest BCUT2D eigenvalue weighted by Gasteiger charge is 2.11. The molecule has 0 bridgehead atoms. The minimum absolute atomic E-state index is 0.468. The summed E-state index contributed by atoms with van der Waals surface area (Å²) in [7, 11) is 0. The van der Waals surface area contributed by atoms with Gasteiger partial charge < -0.3 is 5.32 Å². The van der Waals surface area contributed by atoms with Gasteiger partial charge in [0.2, 0.25) is 0 Å².